The number of rotatable bonds is 4. The summed E-state index contributed by atoms with van der Waals surface area (Å²) in [7, 11) is 0. The summed E-state index contributed by atoms with van der Waals surface area (Å²) in [6, 6.07) is 21.1. The molecule has 0 spiro atoms. The van der Waals surface area contributed by atoms with E-state index in [1.54, 1.807) is 0 Å². The van der Waals surface area contributed by atoms with Crippen molar-refractivity contribution in [2.24, 2.45) is 9.98 Å². The largest absolute Gasteiger partial charge is 0.378 e. The third-order valence-corrected chi connectivity index (χ3v) is 9.15. The minimum atomic E-state index is 0.749. The van der Waals surface area contributed by atoms with Crippen LogP contribution in [0, 0.1) is 0 Å². The van der Waals surface area contributed by atoms with Gasteiger partial charge in [0.15, 0.2) is 0 Å². The highest BCUT2D eigenvalue weighted by Gasteiger charge is 2.21. The zero-order valence-corrected chi connectivity index (χ0v) is 27.4. The normalized spacial score (nSPS) is 17.3. The van der Waals surface area contributed by atoms with Crippen molar-refractivity contribution in [1.29, 1.82) is 0 Å². The van der Waals surface area contributed by atoms with Gasteiger partial charge in [-0.15, -0.1) is 0 Å². The molecule has 10 heteroatoms. The standard InChI is InChI=1S/2C17H16BrN3O/c2*18-14-1-2-15-13(9-14)11-20-17(15)12-3-4-19-16(10-12)21-5-7-22-8-6-21/h2*1-4,9-10H,5-8,11H2. The fourth-order valence-electron chi connectivity index (χ4n) is 5.90. The molecule has 2 fully saturated rings. The van der Waals surface area contributed by atoms with Gasteiger partial charge in [0.05, 0.1) is 50.9 Å². The Labute approximate surface area is 274 Å². The molecule has 0 atom stereocenters. The second-order valence-electron chi connectivity index (χ2n) is 10.9. The number of benzene rings is 2. The second kappa shape index (κ2) is 13.3. The lowest BCUT2D eigenvalue weighted by Gasteiger charge is -2.28. The van der Waals surface area contributed by atoms with Crippen molar-refractivity contribution in [3.05, 3.63) is 115 Å². The van der Waals surface area contributed by atoms with Gasteiger partial charge in [-0.25, -0.2) is 9.97 Å². The van der Waals surface area contributed by atoms with E-state index in [-0.39, 0.29) is 0 Å². The number of fused-ring (bicyclic) bond motifs is 2. The Morgan fingerprint density at radius 1 is 0.545 bits per heavy atom. The van der Waals surface area contributed by atoms with E-state index in [9.17, 15) is 0 Å². The first kappa shape index (κ1) is 29.3. The van der Waals surface area contributed by atoms with Crippen molar-refractivity contribution in [2.75, 3.05) is 62.4 Å². The molecule has 4 aliphatic heterocycles. The maximum atomic E-state index is 5.41. The van der Waals surface area contributed by atoms with Gasteiger partial charge < -0.3 is 19.3 Å². The predicted octanol–water partition coefficient (Wildman–Crippen LogP) is 6.06. The molecule has 0 saturated carbocycles. The monoisotopic (exact) mass is 714 g/mol. The van der Waals surface area contributed by atoms with E-state index in [1.807, 2.05) is 24.5 Å². The number of morpholine rings is 2. The molecule has 4 aliphatic rings. The summed E-state index contributed by atoms with van der Waals surface area (Å²) < 4.78 is 13.0. The van der Waals surface area contributed by atoms with E-state index < -0.39 is 0 Å². The lowest BCUT2D eigenvalue weighted by molar-refractivity contribution is 0.122. The van der Waals surface area contributed by atoms with E-state index in [0.717, 1.165) is 109 Å². The Hall–Kier alpha value is -3.44. The van der Waals surface area contributed by atoms with E-state index in [0.29, 0.717) is 0 Å². The van der Waals surface area contributed by atoms with Crippen LogP contribution in [0.1, 0.15) is 33.4 Å². The molecule has 8 nitrogen and oxygen atoms in total. The van der Waals surface area contributed by atoms with Crippen molar-refractivity contribution in [1.82, 2.24) is 9.97 Å². The van der Waals surface area contributed by atoms with Gasteiger partial charge in [0.25, 0.3) is 0 Å². The molecule has 6 heterocycles. The van der Waals surface area contributed by atoms with Gasteiger partial charge >= 0.3 is 0 Å². The van der Waals surface area contributed by atoms with Crippen LogP contribution >= 0.6 is 31.9 Å². The van der Waals surface area contributed by atoms with E-state index in [4.69, 9.17) is 19.5 Å². The summed E-state index contributed by atoms with van der Waals surface area (Å²) >= 11 is 7.05. The molecule has 2 aromatic heterocycles. The number of anilines is 2. The predicted molar refractivity (Wildman–Crippen MR) is 182 cm³/mol. The van der Waals surface area contributed by atoms with Gasteiger partial charge in [-0.3, -0.25) is 9.98 Å². The van der Waals surface area contributed by atoms with Crippen molar-refractivity contribution >= 4 is 54.9 Å². The first-order chi connectivity index (χ1) is 21.6. The van der Waals surface area contributed by atoms with Crippen LogP contribution in [0.15, 0.2) is 92.0 Å². The number of aliphatic imine (C=N–C) groups is 2. The highest BCUT2D eigenvalue weighted by Crippen LogP contribution is 2.29. The number of pyridine rings is 2. The SMILES string of the molecule is Brc1ccc2c(c1)CN=C2c1ccnc(N2CCOCC2)c1.Brc1ccc2c(c1)CN=C2c1ccnc(N2CCOCC2)c1. The van der Waals surface area contributed by atoms with Gasteiger partial charge in [0.1, 0.15) is 11.6 Å². The molecule has 44 heavy (non-hydrogen) atoms. The molecule has 224 valence electrons. The Kier molecular flexibility index (Phi) is 8.84. The third-order valence-electron chi connectivity index (χ3n) is 8.17. The fraction of sp³-hybridized carbons (Fsp3) is 0.294. The minimum absolute atomic E-state index is 0.749. The summed E-state index contributed by atoms with van der Waals surface area (Å²) in [6.45, 7) is 8.15. The topological polar surface area (TPSA) is 75.4 Å². The number of halogens is 2. The number of ether oxygens (including phenoxy) is 2. The number of aromatic nitrogens is 2. The van der Waals surface area contributed by atoms with Crippen molar-refractivity contribution < 1.29 is 9.47 Å². The second-order valence-corrected chi connectivity index (χ2v) is 12.8. The minimum Gasteiger partial charge on any atom is -0.378 e. The van der Waals surface area contributed by atoms with Crippen LogP contribution in [0.2, 0.25) is 0 Å². The summed E-state index contributed by atoms with van der Waals surface area (Å²) in [5.41, 5.74) is 9.40. The fourth-order valence-corrected chi connectivity index (χ4v) is 6.72. The molecule has 0 unspecified atom stereocenters. The van der Waals surface area contributed by atoms with Crippen LogP contribution in [-0.4, -0.2) is 74.0 Å². The number of nitrogens with zero attached hydrogens (tertiary/aromatic N) is 6. The van der Waals surface area contributed by atoms with Crippen molar-refractivity contribution in [2.45, 2.75) is 13.1 Å². The first-order valence-corrected chi connectivity index (χ1v) is 16.5. The molecule has 0 radical (unpaired) electrons. The van der Waals surface area contributed by atoms with Gasteiger partial charge in [-0.2, -0.15) is 0 Å². The van der Waals surface area contributed by atoms with Crippen LogP contribution in [0.3, 0.4) is 0 Å². The van der Waals surface area contributed by atoms with Gasteiger partial charge in [0.2, 0.25) is 0 Å². The quantitative estimate of drug-likeness (QED) is 0.256. The zero-order chi connectivity index (χ0) is 29.9. The average molecular weight is 716 g/mol. The highest BCUT2D eigenvalue weighted by molar-refractivity contribution is 9.10. The number of hydrogen-bond acceptors (Lipinski definition) is 8. The molecule has 8 rings (SSSR count). The zero-order valence-electron chi connectivity index (χ0n) is 24.3. The van der Waals surface area contributed by atoms with Crippen LogP contribution in [-0.2, 0) is 22.6 Å². The summed E-state index contributed by atoms with van der Waals surface area (Å²) in [6.07, 6.45) is 3.75. The Balaban J connectivity index is 0.000000142. The van der Waals surface area contributed by atoms with Crippen molar-refractivity contribution in [3.63, 3.8) is 0 Å². The summed E-state index contributed by atoms with van der Waals surface area (Å²) in [5, 5.41) is 0. The molecule has 0 N–H and O–H groups in total. The number of hydrogen-bond donors (Lipinski definition) is 0. The third kappa shape index (κ3) is 6.35. The Bertz CT molecular complexity index is 1600. The molecule has 4 aromatic rings. The summed E-state index contributed by atoms with van der Waals surface area (Å²) in [4.78, 5) is 23.0. The van der Waals surface area contributed by atoms with Crippen LogP contribution in [0.5, 0.6) is 0 Å². The molecule has 2 saturated heterocycles. The first-order valence-electron chi connectivity index (χ1n) is 14.9. The average Bonchev–Trinajstić information content (AvgIpc) is 3.70. The van der Waals surface area contributed by atoms with Gasteiger partial charge in [-0.1, -0.05) is 44.0 Å². The maximum absolute atomic E-state index is 5.41. The smallest absolute Gasteiger partial charge is 0.129 e. The van der Waals surface area contributed by atoms with E-state index in [2.05, 4.69) is 100 Å². The highest BCUT2D eigenvalue weighted by atomic mass is 79.9. The van der Waals surface area contributed by atoms with Gasteiger partial charge in [0, 0.05) is 69.8 Å². The van der Waals surface area contributed by atoms with Crippen LogP contribution < -0.4 is 9.80 Å². The molecular weight excluding hydrogens is 684 g/mol. The Morgan fingerprint density at radius 2 is 0.977 bits per heavy atom. The molecule has 0 aliphatic carbocycles. The van der Waals surface area contributed by atoms with Gasteiger partial charge in [-0.05, 0) is 59.7 Å². The molecule has 0 bridgehead atoms. The molecular formula is C34H32Br2N6O2. The van der Waals surface area contributed by atoms with Crippen LogP contribution in [0.25, 0.3) is 0 Å². The van der Waals surface area contributed by atoms with Crippen molar-refractivity contribution in [3.8, 4) is 0 Å². The molecule has 0 amide bonds. The summed E-state index contributed by atoms with van der Waals surface area (Å²) in [5.74, 6) is 2.02. The maximum Gasteiger partial charge on any atom is 0.129 e. The van der Waals surface area contributed by atoms with E-state index >= 15 is 0 Å². The Morgan fingerprint density at radius 3 is 1.41 bits per heavy atom. The lowest BCUT2D eigenvalue weighted by Crippen LogP contribution is -2.36. The van der Waals surface area contributed by atoms with Crippen LogP contribution in [0.4, 0.5) is 11.6 Å². The van der Waals surface area contributed by atoms with E-state index in [1.165, 1.54) is 22.3 Å². The molecule has 2 aromatic carbocycles. The lowest BCUT2D eigenvalue weighted by atomic mass is 10.0.